The van der Waals surface area contributed by atoms with Gasteiger partial charge in [-0.05, 0) is 26.3 Å². The molecule has 0 saturated carbocycles. The van der Waals surface area contributed by atoms with E-state index in [0.717, 1.165) is 17.0 Å². The second-order valence-electron chi connectivity index (χ2n) is 4.82. The maximum Gasteiger partial charge on any atom is 0.427 e. The van der Waals surface area contributed by atoms with Crippen molar-refractivity contribution in [2.24, 2.45) is 5.10 Å². The van der Waals surface area contributed by atoms with Crippen molar-refractivity contribution in [1.82, 2.24) is 15.2 Å². The van der Waals surface area contributed by atoms with Crippen LogP contribution in [0.25, 0.3) is 0 Å². The third-order valence-electron chi connectivity index (χ3n) is 3.24. The average molecular weight is 300 g/mol. The summed E-state index contributed by atoms with van der Waals surface area (Å²) in [6.45, 7) is 6.65. The molecule has 0 aliphatic carbocycles. The number of benzene rings is 1. The van der Waals surface area contributed by atoms with Gasteiger partial charge in [-0.25, -0.2) is 10.2 Å². The minimum Gasteiger partial charge on any atom is -0.449 e. The Kier molecular flexibility index (Phi) is 5.30. The molecule has 22 heavy (non-hydrogen) atoms. The number of aromatic nitrogens is 2. The molecule has 116 valence electrons. The molecule has 0 atom stereocenters. The SMILES string of the molecule is CCOC(=O)N/N=C\c1c(C)nn(Cc2ccccc2)c1C. The van der Waals surface area contributed by atoms with Crippen LogP contribution in [-0.4, -0.2) is 28.7 Å². The third-order valence-corrected chi connectivity index (χ3v) is 3.24. The van der Waals surface area contributed by atoms with Crippen LogP contribution in [0.15, 0.2) is 35.4 Å². The zero-order valence-electron chi connectivity index (χ0n) is 13.0. The number of carbonyl (C=O) groups is 1. The van der Waals surface area contributed by atoms with Crippen LogP contribution in [0.4, 0.5) is 4.79 Å². The van der Waals surface area contributed by atoms with E-state index in [1.54, 1.807) is 13.1 Å². The molecule has 6 nitrogen and oxygen atoms in total. The number of hydrogen-bond acceptors (Lipinski definition) is 4. The largest absolute Gasteiger partial charge is 0.449 e. The molecule has 0 unspecified atom stereocenters. The topological polar surface area (TPSA) is 68.5 Å². The minimum atomic E-state index is -0.564. The van der Waals surface area contributed by atoms with Gasteiger partial charge in [-0.2, -0.15) is 10.2 Å². The molecule has 0 fully saturated rings. The van der Waals surface area contributed by atoms with Crippen LogP contribution < -0.4 is 5.43 Å². The summed E-state index contributed by atoms with van der Waals surface area (Å²) >= 11 is 0. The Morgan fingerprint density at radius 2 is 2.09 bits per heavy atom. The van der Waals surface area contributed by atoms with E-state index in [0.29, 0.717) is 13.2 Å². The summed E-state index contributed by atoms with van der Waals surface area (Å²) < 4.78 is 6.67. The second kappa shape index (κ2) is 7.40. The minimum absolute atomic E-state index is 0.314. The van der Waals surface area contributed by atoms with Crippen molar-refractivity contribution >= 4 is 12.3 Å². The summed E-state index contributed by atoms with van der Waals surface area (Å²) in [6, 6.07) is 10.1. The van der Waals surface area contributed by atoms with Gasteiger partial charge in [0.15, 0.2) is 0 Å². The van der Waals surface area contributed by atoms with Crippen molar-refractivity contribution in [2.75, 3.05) is 6.61 Å². The molecule has 1 aromatic carbocycles. The Morgan fingerprint density at radius 1 is 1.36 bits per heavy atom. The first-order valence-electron chi connectivity index (χ1n) is 7.15. The lowest BCUT2D eigenvalue weighted by molar-refractivity contribution is 0.152. The van der Waals surface area contributed by atoms with Crippen LogP contribution in [0.1, 0.15) is 29.4 Å². The summed E-state index contributed by atoms with van der Waals surface area (Å²) in [6.07, 6.45) is 1.03. The molecule has 6 heteroatoms. The van der Waals surface area contributed by atoms with E-state index in [1.807, 2.05) is 36.7 Å². The van der Waals surface area contributed by atoms with Crippen molar-refractivity contribution in [3.63, 3.8) is 0 Å². The maximum atomic E-state index is 11.2. The van der Waals surface area contributed by atoms with E-state index < -0.39 is 6.09 Å². The number of aryl methyl sites for hydroxylation is 1. The fourth-order valence-corrected chi connectivity index (χ4v) is 2.12. The number of carbonyl (C=O) groups excluding carboxylic acids is 1. The number of hydrazone groups is 1. The summed E-state index contributed by atoms with van der Waals surface area (Å²) in [5, 5.41) is 8.42. The first-order chi connectivity index (χ1) is 10.6. The second-order valence-corrected chi connectivity index (χ2v) is 4.82. The van der Waals surface area contributed by atoms with Crippen molar-refractivity contribution < 1.29 is 9.53 Å². The molecule has 0 aliphatic heterocycles. The van der Waals surface area contributed by atoms with Gasteiger partial charge in [0, 0.05) is 11.3 Å². The highest BCUT2D eigenvalue weighted by Gasteiger charge is 2.10. The molecule has 1 heterocycles. The Hall–Kier alpha value is -2.63. The Balaban J connectivity index is 2.10. The molecule has 0 saturated heterocycles. The fourth-order valence-electron chi connectivity index (χ4n) is 2.12. The van der Waals surface area contributed by atoms with Crippen LogP contribution in [0, 0.1) is 13.8 Å². The van der Waals surface area contributed by atoms with Gasteiger partial charge in [-0.1, -0.05) is 30.3 Å². The molecular weight excluding hydrogens is 280 g/mol. The van der Waals surface area contributed by atoms with Gasteiger partial charge in [-0.15, -0.1) is 0 Å². The van der Waals surface area contributed by atoms with Gasteiger partial charge in [0.05, 0.1) is 25.1 Å². The maximum absolute atomic E-state index is 11.2. The smallest absolute Gasteiger partial charge is 0.427 e. The predicted molar refractivity (Wildman–Crippen MR) is 85.0 cm³/mol. The first kappa shape index (κ1) is 15.8. The summed E-state index contributed by atoms with van der Waals surface area (Å²) in [5.74, 6) is 0. The van der Waals surface area contributed by atoms with Gasteiger partial charge >= 0.3 is 6.09 Å². The highest BCUT2D eigenvalue weighted by atomic mass is 16.5. The normalized spacial score (nSPS) is 10.9. The molecule has 0 bridgehead atoms. The highest BCUT2D eigenvalue weighted by Crippen LogP contribution is 2.12. The molecule has 0 radical (unpaired) electrons. The standard InChI is InChI=1S/C16H20N4O2/c1-4-22-16(21)18-17-10-15-12(2)19-20(13(15)3)11-14-8-6-5-7-9-14/h5-10H,4,11H2,1-3H3,(H,18,21)/b17-10-. The monoisotopic (exact) mass is 300 g/mol. The molecule has 2 rings (SSSR count). The van der Waals surface area contributed by atoms with Crippen LogP contribution in [0.2, 0.25) is 0 Å². The van der Waals surface area contributed by atoms with Gasteiger partial charge in [0.2, 0.25) is 0 Å². The van der Waals surface area contributed by atoms with Crippen molar-refractivity contribution in [1.29, 1.82) is 0 Å². The fraction of sp³-hybridized carbons (Fsp3) is 0.312. The van der Waals surface area contributed by atoms with E-state index in [2.05, 4.69) is 27.8 Å². The Labute approximate surface area is 129 Å². The molecule has 1 N–H and O–H groups in total. The van der Waals surface area contributed by atoms with E-state index in [1.165, 1.54) is 5.56 Å². The van der Waals surface area contributed by atoms with Gasteiger partial charge < -0.3 is 4.74 Å². The van der Waals surface area contributed by atoms with Crippen LogP contribution >= 0.6 is 0 Å². The lowest BCUT2D eigenvalue weighted by atomic mass is 10.2. The van der Waals surface area contributed by atoms with E-state index in [9.17, 15) is 4.79 Å². The number of hydrogen-bond donors (Lipinski definition) is 1. The number of nitrogens with zero attached hydrogens (tertiary/aromatic N) is 3. The average Bonchev–Trinajstić information content (AvgIpc) is 2.76. The van der Waals surface area contributed by atoms with E-state index >= 15 is 0 Å². The van der Waals surface area contributed by atoms with E-state index in [4.69, 9.17) is 4.74 Å². The van der Waals surface area contributed by atoms with Crippen molar-refractivity contribution in [2.45, 2.75) is 27.3 Å². The molecule has 0 aliphatic rings. The van der Waals surface area contributed by atoms with E-state index in [-0.39, 0.29) is 0 Å². The number of nitrogens with one attached hydrogen (secondary N) is 1. The van der Waals surface area contributed by atoms with Crippen LogP contribution in [-0.2, 0) is 11.3 Å². The zero-order chi connectivity index (χ0) is 15.9. The number of amides is 1. The zero-order valence-corrected chi connectivity index (χ0v) is 13.0. The van der Waals surface area contributed by atoms with Crippen molar-refractivity contribution in [3.05, 3.63) is 52.8 Å². The van der Waals surface area contributed by atoms with Crippen LogP contribution in [0.3, 0.4) is 0 Å². The van der Waals surface area contributed by atoms with Gasteiger partial charge in [-0.3, -0.25) is 4.68 Å². The summed E-state index contributed by atoms with van der Waals surface area (Å²) in [7, 11) is 0. The predicted octanol–water partition coefficient (Wildman–Crippen LogP) is 2.63. The first-order valence-corrected chi connectivity index (χ1v) is 7.15. The lowest BCUT2D eigenvalue weighted by Crippen LogP contribution is -2.18. The Morgan fingerprint density at radius 3 is 2.77 bits per heavy atom. The molecule has 1 aromatic heterocycles. The Bertz CT molecular complexity index is 662. The lowest BCUT2D eigenvalue weighted by Gasteiger charge is -2.04. The van der Waals surface area contributed by atoms with Gasteiger partial charge in [0.1, 0.15) is 0 Å². The van der Waals surface area contributed by atoms with Crippen molar-refractivity contribution in [3.8, 4) is 0 Å². The summed E-state index contributed by atoms with van der Waals surface area (Å²) in [5.41, 5.74) is 6.25. The summed E-state index contributed by atoms with van der Waals surface area (Å²) in [4.78, 5) is 11.2. The molecule has 2 aromatic rings. The highest BCUT2D eigenvalue weighted by molar-refractivity contribution is 5.83. The quantitative estimate of drug-likeness (QED) is 0.681. The number of rotatable bonds is 5. The molecular formula is C16H20N4O2. The molecule has 0 spiro atoms. The van der Waals surface area contributed by atoms with Gasteiger partial charge in [0.25, 0.3) is 0 Å². The molecule has 1 amide bonds. The van der Waals surface area contributed by atoms with Crippen LogP contribution in [0.5, 0.6) is 0 Å². The number of ether oxygens (including phenoxy) is 1. The third kappa shape index (κ3) is 3.94.